The van der Waals surface area contributed by atoms with Gasteiger partial charge in [0.05, 0.1) is 26.5 Å². The Bertz CT molecular complexity index is 935. The van der Waals surface area contributed by atoms with Crippen LogP contribution in [0.4, 0.5) is 11.4 Å². The number of carbonyl (C=O) groups is 2. The summed E-state index contributed by atoms with van der Waals surface area (Å²) < 4.78 is 10.4. The fourth-order valence-electron chi connectivity index (χ4n) is 2.75. The van der Waals surface area contributed by atoms with E-state index in [1.54, 1.807) is 61.9 Å². The first-order valence-corrected chi connectivity index (χ1v) is 9.10. The minimum Gasteiger partial charge on any atom is -0.497 e. The summed E-state index contributed by atoms with van der Waals surface area (Å²) in [5.41, 5.74) is 1.80. The summed E-state index contributed by atoms with van der Waals surface area (Å²) in [6.07, 6.45) is 1.61. The molecule has 1 heterocycles. The third kappa shape index (κ3) is 5.95. The lowest BCUT2D eigenvalue weighted by molar-refractivity contribution is -0.117. The van der Waals surface area contributed by atoms with Gasteiger partial charge >= 0.3 is 0 Å². The highest BCUT2D eigenvalue weighted by atomic mass is 16.5. The number of nitrogens with one attached hydrogen (secondary N) is 2. The minimum atomic E-state index is -0.230. The second-order valence-corrected chi connectivity index (χ2v) is 6.56. The van der Waals surface area contributed by atoms with Gasteiger partial charge in [0, 0.05) is 16.9 Å². The quantitative estimate of drug-likeness (QED) is 0.611. The summed E-state index contributed by atoms with van der Waals surface area (Å²) in [4.78, 5) is 26.4. The van der Waals surface area contributed by atoms with E-state index in [1.165, 1.54) is 0 Å². The second-order valence-electron chi connectivity index (χ2n) is 6.56. The van der Waals surface area contributed by atoms with Crippen LogP contribution in [0.15, 0.2) is 71.3 Å². The number of amides is 2. The third-order valence-corrected chi connectivity index (χ3v) is 4.20. The lowest BCUT2D eigenvalue weighted by atomic mass is 10.2. The Balaban J connectivity index is 1.50. The summed E-state index contributed by atoms with van der Waals surface area (Å²) in [6.45, 7) is 0.769. The summed E-state index contributed by atoms with van der Waals surface area (Å²) in [6, 6.07) is 17.5. The van der Waals surface area contributed by atoms with Gasteiger partial charge in [-0.3, -0.25) is 14.5 Å². The maximum Gasteiger partial charge on any atom is 0.255 e. The van der Waals surface area contributed by atoms with Gasteiger partial charge in [-0.2, -0.15) is 0 Å². The molecule has 0 atom stereocenters. The van der Waals surface area contributed by atoms with Crippen LogP contribution in [0, 0.1) is 0 Å². The molecule has 0 unspecified atom stereocenters. The lowest BCUT2D eigenvalue weighted by Gasteiger charge is -2.15. The molecule has 2 aromatic carbocycles. The zero-order valence-electron chi connectivity index (χ0n) is 16.3. The number of nitrogens with zero attached hydrogens (tertiary/aromatic N) is 1. The van der Waals surface area contributed by atoms with Crippen LogP contribution in [0.1, 0.15) is 16.1 Å². The van der Waals surface area contributed by atoms with Gasteiger partial charge in [0.25, 0.3) is 5.91 Å². The average molecular weight is 393 g/mol. The fraction of sp³-hybridized carbons (Fsp3) is 0.182. The summed E-state index contributed by atoms with van der Waals surface area (Å²) in [5, 5.41) is 5.64. The molecule has 0 radical (unpaired) electrons. The number of carbonyl (C=O) groups excluding carboxylic acids is 2. The van der Waals surface area contributed by atoms with Crippen LogP contribution in [-0.2, 0) is 11.3 Å². The van der Waals surface area contributed by atoms with Crippen LogP contribution >= 0.6 is 0 Å². The van der Waals surface area contributed by atoms with Gasteiger partial charge in [-0.15, -0.1) is 0 Å². The maximum absolute atomic E-state index is 12.4. The molecule has 0 saturated carbocycles. The van der Waals surface area contributed by atoms with Crippen molar-refractivity contribution in [2.24, 2.45) is 0 Å². The number of ether oxygens (including phenoxy) is 1. The van der Waals surface area contributed by atoms with Crippen molar-refractivity contribution in [3.8, 4) is 5.75 Å². The van der Waals surface area contributed by atoms with E-state index < -0.39 is 0 Å². The van der Waals surface area contributed by atoms with Crippen molar-refractivity contribution in [3.05, 3.63) is 78.3 Å². The molecule has 0 bridgehead atoms. The molecule has 3 rings (SSSR count). The van der Waals surface area contributed by atoms with E-state index in [0.29, 0.717) is 23.5 Å². The van der Waals surface area contributed by atoms with Gasteiger partial charge in [0.1, 0.15) is 11.5 Å². The number of rotatable bonds is 8. The highest BCUT2D eigenvalue weighted by Gasteiger charge is 2.10. The molecule has 7 nitrogen and oxygen atoms in total. The van der Waals surface area contributed by atoms with Gasteiger partial charge in [0.15, 0.2) is 0 Å². The normalized spacial score (nSPS) is 10.6. The van der Waals surface area contributed by atoms with Crippen LogP contribution in [0.2, 0.25) is 0 Å². The van der Waals surface area contributed by atoms with E-state index in [2.05, 4.69) is 10.6 Å². The summed E-state index contributed by atoms with van der Waals surface area (Å²) in [5.74, 6) is 1.14. The topological polar surface area (TPSA) is 83.8 Å². The molecule has 7 heteroatoms. The molecule has 2 amide bonds. The van der Waals surface area contributed by atoms with Gasteiger partial charge in [-0.25, -0.2) is 0 Å². The SMILES string of the molecule is COc1ccc(NC(=O)c2ccc(NC(=O)CN(C)Cc3ccco3)cc2)cc1. The largest absolute Gasteiger partial charge is 0.497 e. The number of methoxy groups -OCH3 is 1. The van der Waals surface area contributed by atoms with Crippen molar-refractivity contribution in [1.82, 2.24) is 4.90 Å². The Labute approximate surface area is 169 Å². The van der Waals surface area contributed by atoms with Gasteiger partial charge in [0.2, 0.25) is 5.91 Å². The lowest BCUT2D eigenvalue weighted by Crippen LogP contribution is -2.29. The average Bonchev–Trinajstić information content (AvgIpc) is 3.21. The zero-order chi connectivity index (χ0) is 20.6. The second kappa shape index (κ2) is 9.57. The van der Waals surface area contributed by atoms with E-state index in [4.69, 9.17) is 9.15 Å². The van der Waals surface area contributed by atoms with Crippen LogP contribution < -0.4 is 15.4 Å². The number of anilines is 2. The Hall–Kier alpha value is -3.58. The summed E-state index contributed by atoms with van der Waals surface area (Å²) in [7, 11) is 3.43. The number of hydrogen-bond acceptors (Lipinski definition) is 5. The van der Waals surface area contributed by atoms with Crippen molar-refractivity contribution in [2.75, 3.05) is 31.3 Å². The van der Waals surface area contributed by atoms with Gasteiger partial charge in [-0.1, -0.05) is 0 Å². The predicted molar refractivity (Wildman–Crippen MR) is 111 cm³/mol. The number of hydrogen-bond donors (Lipinski definition) is 2. The van der Waals surface area contributed by atoms with Crippen LogP contribution in [0.3, 0.4) is 0 Å². The maximum atomic E-state index is 12.4. The molecule has 0 aliphatic heterocycles. The number of furan rings is 1. The molecular weight excluding hydrogens is 370 g/mol. The monoisotopic (exact) mass is 393 g/mol. The molecule has 0 aliphatic rings. The molecular formula is C22H23N3O4. The molecule has 0 saturated heterocycles. The van der Waals surface area contributed by atoms with E-state index in [0.717, 1.165) is 11.5 Å². The summed E-state index contributed by atoms with van der Waals surface area (Å²) >= 11 is 0. The van der Waals surface area contributed by atoms with Crippen molar-refractivity contribution < 1.29 is 18.7 Å². The molecule has 0 spiro atoms. The molecule has 1 aromatic heterocycles. The van der Waals surface area contributed by atoms with Crippen LogP contribution in [0.5, 0.6) is 5.75 Å². The highest BCUT2D eigenvalue weighted by Crippen LogP contribution is 2.17. The van der Waals surface area contributed by atoms with Crippen LogP contribution in [0.25, 0.3) is 0 Å². The standard InChI is InChI=1S/C22H23N3O4/c1-25(14-20-4-3-13-29-20)15-21(26)23-17-7-5-16(6-8-17)22(27)24-18-9-11-19(28-2)12-10-18/h3-13H,14-15H2,1-2H3,(H,23,26)(H,24,27). The molecule has 2 N–H and O–H groups in total. The minimum absolute atomic E-state index is 0.144. The van der Waals surface area contributed by atoms with Crippen molar-refractivity contribution in [1.29, 1.82) is 0 Å². The Morgan fingerprint density at radius 2 is 1.62 bits per heavy atom. The first-order valence-electron chi connectivity index (χ1n) is 9.10. The predicted octanol–water partition coefficient (Wildman–Crippen LogP) is 3.61. The Kier molecular flexibility index (Phi) is 6.65. The van der Waals surface area contributed by atoms with Crippen molar-refractivity contribution in [2.45, 2.75) is 6.54 Å². The van der Waals surface area contributed by atoms with Crippen molar-refractivity contribution in [3.63, 3.8) is 0 Å². The number of likely N-dealkylation sites (N-methyl/N-ethyl adjacent to an activating group) is 1. The Morgan fingerprint density at radius 3 is 2.24 bits per heavy atom. The third-order valence-electron chi connectivity index (χ3n) is 4.20. The highest BCUT2D eigenvalue weighted by molar-refractivity contribution is 6.04. The van der Waals surface area contributed by atoms with Gasteiger partial charge < -0.3 is 19.8 Å². The van der Waals surface area contributed by atoms with E-state index >= 15 is 0 Å². The number of benzene rings is 2. The smallest absolute Gasteiger partial charge is 0.255 e. The van der Waals surface area contributed by atoms with Gasteiger partial charge in [-0.05, 0) is 67.7 Å². The van der Waals surface area contributed by atoms with Crippen molar-refractivity contribution >= 4 is 23.2 Å². The first kappa shape index (κ1) is 20.2. The molecule has 150 valence electrons. The molecule has 0 fully saturated rings. The van der Waals surface area contributed by atoms with Crippen LogP contribution in [-0.4, -0.2) is 37.4 Å². The molecule has 29 heavy (non-hydrogen) atoms. The fourth-order valence-corrected chi connectivity index (χ4v) is 2.75. The molecule has 0 aliphatic carbocycles. The Morgan fingerprint density at radius 1 is 0.966 bits per heavy atom. The zero-order valence-corrected chi connectivity index (χ0v) is 16.3. The van der Waals surface area contributed by atoms with E-state index in [1.807, 2.05) is 24.1 Å². The molecule has 3 aromatic rings. The van der Waals surface area contributed by atoms with E-state index in [9.17, 15) is 9.59 Å². The first-order chi connectivity index (χ1) is 14.0. The van der Waals surface area contributed by atoms with E-state index in [-0.39, 0.29) is 18.4 Å².